The molecule has 0 aromatic heterocycles. The largest absolute Gasteiger partial charge is 0.510 e. The number of halogens is 1. The van der Waals surface area contributed by atoms with Crippen molar-refractivity contribution in [3.63, 3.8) is 0 Å². The number of phenols is 1. The van der Waals surface area contributed by atoms with Crippen molar-refractivity contribution in [2.24, 2.45) is 17.6 Å². The van der Waals surface area contributed by atoms with Crippen LogP contribution in [0.4, 0.5) is 5.69 Å². The lowest BCUT2D eigenvalue weighted by atomic mass is 9.58. The second-order valence-electron chi connectivity index (χ2n) is 13.5. The van der Waals surface area contributed by atoms with Crippen molar-refractivity contribution < 1.29 is 44.4 Å². The number of hydrogen-bond donors (Lipinski definition) is 7. The number of hydrogen-bond acceptors (Lipinski definition) is 11. The molecule has 3 aromatic rings. The molecule has 0 saturated heterocycles. The normalized spacial score (nSPS) is 23.2. The number of amides is 2. The topological polar surface area (TPSA) is 212 Å². The van der Waals surface area contributed by atoms with Gasteiger partial charge in [0.05, 0.1) is 23.2 Å². The quantitative estimate of drug-likeness (QED) is 0.0863. The van der Waals surface area contributed by atoms with Gasteiger partial charge in [0, 0.05) is 11.5 Å². The van der Waals surface area contributed by atoms with Gasteiger partial charge < -0.3 is 31.5 Å². The zero-order chi connectivity index (χ0) is 37.5. The maximum Gasteiger partial charge on any atom is 0.255 e. The summed E-state index contributed by atoms with van der Waals surface area (Å²) < 4.78 is 0. The molecule has 52 heavy (non-hydrogen) atoms. The number of likely N-dealkylation sites (N-methyl/N-ethyl adjacent to an activating group) is 1. The van der Waals surface area contributed by atoms with E-state index in [1.807, 2.05) is 60.7 Å². The van der Waals surface area contributed by atoms with E-state index in [9.17, 15) is 39.6 Å². The zero-order valence-electron chi connectivity index (χ0n) is 28.4. The van der Waals surface area contributed by atoms with Gasteiger partial charge in [-0.25, -0.2) is 0 Å². The van der Waals surface area contributed by atoms with Crippen LogP contribution in [0.3, 0.4) is 0 Å². The predicted molar refractivity (Wildman–Crippen MR) is 190 cm³/mol. The Bertz CT molecular complexity index is 2000. The Labute approximate surface area is 304 Å². The number of primary amides is 1. The van der Waals surface area contributed by atoms with Gasteiger partial charge in [0.2, 0.25) is 11.7 Å². The minimum absolute atomic E-state index is 0.0463. The van der Waals surface area contributed by atoms with Gasteiger partial charge in [0.15, 0.2) is 17.1 Å². The number of aryl methyl sites for hydroxylation is 1. The Morgan fingerprint density at radius 2 is 1.67 bits per heavy atom. The second-order valence-corrected chi connectivity index (χ2v) is 13.9. The monoisotopic (exact) mass is 730 g/mol. The van der Waals surface area contributed by atoms with E-state index >= 15 is 0 Å². The molecule has 4 unspecified atom stereocenters. The average Bonchev–Trinajstić information content (AvgIpc) is 3.10. The van der Waals surface area contributed by atoms with Crippen LogP contribution in [0.15, 0.2) is 89.4 Å². The van der Waals surface area contributed by atoms with Crippen molar-refractivity contribution in [3.05, 3.63) is 117 Å². The van der Waals surface area contributed by atoms with Crippen LogP contribution in [0.1, 0.15) is 39.9 Å². The fourth-order valence-electron chi connectivity index (χ4n) is 7.60. The van der Waals surface area contributed by atoms with Gasteiger partial charge in [-0.3, -0.25) is 28.9 Å². The summed E-state index contributed by atoms with van der Waals surface area (Å²) in [7, 11) is 3.11. The number of allylic oxidation sites excluding steroid dienone is 1. The number of carbonyl (C=O) groups excluding carboxylic acids is 4. The number of rotatable bonds is 11. The molecular formula is C38H39ClN4O9. The van der Waals surface area contributed by atoms with Gasteiger partial charge in [-0.2, -0.15) is 5.48 Å². The van der Waals surface area contributed by atoms with E-state index in [2.05, 4.69) is 10.8 Å². The van der Waals surface area contributed by atoms with E-state index < -0.39 is 75.7 Å². The second kappa shape index (κ2) is 14.5. The van der Waals surface area contributed by atoms with Gasteiger partial charge in [-0.15, -0.1) is 0 Å². The summed E-state index contributed by atoms with van der Waals surface area (Å²) in [6.07, 6.45) is 0.763. The third-order valence-corrected chi connectivity index (χ3v) is 10.4. The molecule has 0 radical (unpaired) electrons. The molecule has 3 aromatic carbocycles. The van der Waals surface area contributed by atoms with Gasteiger partial charge in [-0.05, 0) is 68.5 Å². The molecule has 3 aliphatic carbocycles. The molecule has 8 N–H and O–H groups in total. The third-order valence-electron chi connectivity index (χ3n) is 10.1. The van der Waals surface area contributed by atoms with E-state index in [1.165, 1.54) is 11.0 Å². The summed E-state index contributed by atoms with van der Waals surface area (Å²) in [5.41, 5.74) is 5.83. The van der Waals surface area contributed by atoms with E-state index in [4.69, 9.17) is 22.2 Å². The van der Waals surface area contributed by atoms with Crippen molar-refractivity contribution in [1.29, 1.82) is 0 Å². The molecule has 0 spiro atoms. The first kappa shape index (κ1) is 36.7. The van der Waals surface area contributed by atoms with Crippen molar-refractivity contribution in [2.75, 3.05) is 19.4 Å². The van der Waals surface area contributed by atoms with Crippen LogP contribution in [-0.2, 0) is 38.7 Å². The number of fused-ring (bicyclic) bond motifs is 3. The SMILES string of the molecule is CN(C)[C@@H]1C(O)=C(C(N)=O)C(=O)C2(O)C(O)=C3C(=O)c4c(cc(Cl)c(NC(=O)C(CCc5ccccc5)NOCc5ccccc5)c4O)CC3CC12. The average molecular weight is 731 g/mol. The predicted octanol–water partition coefficient (Wildman–Crippen LogP) is 3.44. The van der Waals surface area contributed by atoms with E-state index in [0.29, 0.717) is 12.0 Å². The number of carbonyl (C=O) groups is 4. The van der Waals surface area contributed by atoms with Crippen molar-refractivity contribution in [3.8, 4) is 5.75 Å². The maximum atomic E-state index is 14.2. The first-order valence-corrected chi connectivity index (χ1v) is 17.1. The molecule has 5 atom stereocenters. The lowest BCUT2D eigenvalue weighted by molar-refractivity contribution is -0.148. The number of aromatic hydroxyl groups is 1. The van der Waals surface area contributed by atoms with Crippen molar-refractivity contribution in [1.82, 2.24) is 10.4 Å². The first-order chi connectivity index (χ1) is 24.7. The minimum Gasteiger partial charge on any atom is -0.510 e. The molecule has 6 rings (SSSR count). The van der Waals surface area contributed by atoms with Crippen LogP contribution >= 0.6 is 11.6 Å². The van der Waals surface area contributed by atoms with E-state index in [1.54, 1.807) is 14.1 Å². The van der Waals surface area contributed by atoms with Crippen LogP contribution in [0.25, 0.3) is 0 Å². The van der Waals surface area contributed by atoms with E-state index in [0.717, 1.165) is 11.1 Å². The summed E-state index contributed by atoms with van der Waals surface area (Å²) in [6, 6.07) is 18.2. The summed E-state index contributed by atoms with van der Waals surface area (Å²) in [5, 5.41) is 48.5. The number of nitrogens with one attached hydrogen (secondary N) is 2. The third kappa shape index (κ3) is 6.46. The van der Waals surface area contributed by atoms with Crippen LogP contribution in [0, 0.1) is 11.8 Å². The number of nitrogens with two attached hydrogens (primary N) is 1. The maximum absolute atomic E-state index is 14.2. The Balaban J connectivity index is 1.31. The first-order valence-electron chi connectivity index (χ1n) is 16.7. The molecule has 3 aliphatic rings. The number of benzene rings is 3. The zero-order valence-corrected chi connectivity index (χ0v) is 29.2. The lowest BCUT2D eigenvalue weighted by Gasteiger charge is -2.50. The molecule has 272 valence electrons. The Morgan fingerprint density at radius 1 is 1.04 bits per heavy atom. The fraction of sp³-hybridized carbons (Fsp3) is 0.316. The lowest BCUT2D eigenvalue weighted by Crippen LogP contribution is -2.63. The summed E-state index contributed by atoms with van der Waals surface area (Å²) in [5.74, 6) is -8.41. The number of hydroxylamine groups is 1. The highest BCUT2D eigenvalue weighted by atomic mass is 35.5. The number of phenolic OH excluding ortho intramolecular Hbond substituents is 1. The Hall–Kier alpha value is -5.05. The van der Waals surface area contributed by atoms with Gasteiger partial charge in [0.1, 0.15) is 28.8 Å². The van der Waals surface area contributed by atoms with Crippen molar-refractivity contribution >= 4 is 40.7 Å². The Kier molecular flexibility index (Phi) is 10.3. The number of ketones is 2. The molecule has 0 bridgehead atoms. The highest BCUT2D eigenvalue weighted by Gasteiger charge is 2.63. The Morgan fingerprint density at radius 3 is 2.29 bits per heavy atom. The van der Waals surface area contributed by atoms with Crippen LogP contribution in [-0.4, -0.2) is 80.5 Å². The summed E-state index contributed by atoms with van der Waals surface area (Å²) in [4.78, 5) is 60.9. The van der Waals surface area contributed by atoms with Gasteiger partial charge >= 0.3 is 0 Å². The molecule has 2 amide bonds. The number of aliphatic hydroxyl groups is 3. The number of nitrogens with zero attached hydrogens (tertiary/aromatic N) is 1. The number of Topliss-reactive ketones (excluding diaryl/α,β-unsaturated/α-hetero) is 2. The fourth-order valence-corrected chi connectivity index (χ4v) is 7.87. The molecule has 0 aliphatic heterocycles. The number of anilines is 1. The van der Waals surface area contributed by atoms with Crippen molar-refractivity contribution in [2.45, 2.75) is 50.0 Å². The summed E-state index contributed by atoms with van der Waals surface area (Å²) >= 11 is 6.63. The smallest absolute Gasteiger partial charge is 0.255 e. The van der Waals surface area contributed by atoms with Crippen LogP contribution < -0.4 is 16.5 Å². The number of aliphatic hydroxyl groups excluding tert-OH is 2. The molecule has 14 heteroatoms. The van der Waals surface area contributed by atoms with E-state index in [-0.39, 0.29) is 47.7 Å². The minimum atomic E-state index is -2.78. The highest BCUT2D eigenvalue weighted by Crippen LogP contribution is 2.53. The standard InChI is InChI=1S/C38H39ClN4O9/c1-43(2)30-23-16-21-15-22-17-24(39)29(32(45)26(22)31(44)27(21)34(47)38(23,51)35(48)28(33(30)46)36(40)49)41-37(50)25(14-13-19-9-5-3-6-10-19)42-52-18-20-11-7-4-8-12-20/h3-12,17,21,23,25,30,42,45-47,51H,13-16,18H2,1-2H3,(H2,40,49)(H,41,50)/t21?,23?,25?,30-,38?/m0/s1. The van der Waals surface area contributed by atoms with Crippen LogP contribution in [0.5, 0.6) is 5.75 Å². The molecule has 0 fully saturated rings. The molecule has 0 heterocycles. The molecule has 0 saturated carbocycles. The highest BCUT2D eigenvalue weighted by molar-refractivity contribution is 6.35. The van der Waals surface area contributed by atoms with Gasteiger partial charge in [-0.1, -0.05) is 72.3 Å². The molecule has 13 nitrogen and oxygen atoms in total. The van der Waals surface area contributed by atoms with Gasteiger partial charge in [0.25, 0.3) is 5.91 Å². The van der Waals surface area contributed by atoms with Crippen LogP contribution in [0.2, 0.25) is 5.02 Å². The molecular weight excluding hydrogens is 692 g/mol. The summed E-state index contributed by atoms with van der Waals surface area (Å²) in [6.45, 7) is 0.163.